The summed E-state index contributed by atoms with van der Waals surface area (Å²) in [6, 6.07) is 5.81. The van der Waals surface area contributed by atoms with Crippen molar-refractivity contribution in [1.82, 2.24) is 0 Å². The van der Waals surface area contributed by atoms with E-state index in [-0.39, 0.29) is 0 Å². The van der Waals surface area contributed by atoms with Crippen molar-refractivity contribution in [2.24, 2.45) is 5.92 Å². The SMILES string of the molecule is CCC(Nc1ccc(C(=O)O)c(C)c1)C(C)C. The van der Waals surface area contributed by atoms with E-state index in [1.165, 1.54) is 0 Å². The molecule has 2 N–H and O–H groups in total. The molecule has 1 rings (SSSR count). The van der Waals surface area contributed by atoms with E-state index in [9.17, 15) is 4.79 Å². The fourth-order valence-electron chi connectivity index (χ4n) is 1.95. The van der Waals surface area contributed by atoms with Crippen molar-refractivity contribution in [3.05, 3.63) is 29.3 Å². The molecule has 94 valence electrons. The lowest BCUT2D eigenvalue weighted by Crippen LogP contribution is -2.24. The number of nitrogens with one attached hydrogen (secondary N) is 1. The van der Waals surface area contributed by atoms with E-state index in [4.69, 9.17) is 5.11 Å². The summed E-state index contributed by atoms with van der Waals surface area (Å²) in [5, 5.41) is 12.4. The fraction of sp³-hybridized carbons (Fsp3) is 0.500. The van der Waals surface area contributed by atoms with Crippen LogP contribution in [0.5, 0.6) is 0 Å². The van der Waals surface area contributed by atoms with Crippen molar-refractivity contribution >= 4 is 11.7 Å². The average Bonchev–Trinajstić information content (AvgIpc) is 2.24. The first-order valence-corrected chi connectivity index (χ1v) is 6.06. The van der Waals surface area contributed by atoms with Gasteiger partial charge in [-0.2, -0.15) is 0 Å². The summed E-state index contributed by atoms with van der Waals surface area (Å²) in [4.78, 5) is 10.9. The molecule has 0 fully saturated rings. The zero-order chi connectivity index (χ0) is 13.0. The lowest BCUT2D eigenvalue weighted by molar-refractivity contribution is 0.0696. The number of carbonyl (C=O) groups is 1. The number of hydrogen-bond donors (Lipinski definition) is 2. The molecule has 0 aliphatic heterocycles. The Balaban J connectivity index is 2.87. The average molecular weight is 235 g/mol. The first-order chi connectivity index (χ1) is 7.95. The van der Waals surface area contributed by atoms with Gasteiger partial charge in [0.15, 0.2) is 0 Å². The van der Waals surface area contributed by atoms with Gasteiger partial charge >= 0.3 is 5.97 Å². The Morgan fingerprint density at radius 1 is 1.41 bits per heavy atom. The minimum atomic E-state index is -0.870. The van der Waals surface area contributed by atoms with Gasteiger partial charge in [-0.1, -0.05) is 20.8 Å². The quantitative estimate of drug-likeness (QED) is 0.820. The number of anilines is 1. The van der Waals surface area contributed by atoms with E-state index in [1.54, 1.807) is 6.07 Å². The lowest BCUT2D eigenvalue weighted by atomic mass is 10.0. The maximum Gasteiger partial charge on any atom is 0.335 e. The minimum absolute atomic E-state index is 0.369. The number of benzene rings is 1. The Hall–Kier alpha value is -1.51. The van der Waals surface area contributed by atoms with Crippen molar-refractivity contribution in [2.45, 2.75) is 40.2 Å². The van der Waals surface area contributed by atoms with E-state index in [0.717, 1.165) is 17.7 Å². The summed E-state index contributed by atoms with van der Waals surface area (Å²) < 4.78 is 0. The number of rotatable bonds is 5. The van der Waals surface area contributed by atoms with Crippen LogP contribution in [-0.2, 0) is 0 Å². The molecule has 0 saturated carbocycles. The molecule has 0 aliphatic rings. The molecule has 1 unspecified atom stereocenters. The number of carboxylic acids is 1. The van der Waals surface area contributed by atoms with Gasteiger partial charge in [0.05, 0.1) is 5.56 Å². The molecule has 0 aliphatic carbocycles. The monoisotopic (exact) mass is 235 g/mol. The van der Waals surface area contributed by atoms with Crippen LogP contribution in [0.15, 0.2) is 18.2 Å². The first-order valence-electron chi connectivity index (χ1n) is 6.06. The summed E-state index contributed by atoms with van der Waals surface area (Å²) in [5.74, 6) is -0.315. The molecule has 0 bridgehead atoms. The van der Waals surface area contributed by atoms with Crippen molar-refractivity contribution < 1.29 is 9.90 Å². The second kappa shape index (κ2) is 5.71. The van der Waals surface area contributed by atoms with Crippen molar-refractivity contribution in [1.29, 1.82) is 0 Å². The third kappa shape index (κ3) is 3.48. The normalized spacial score (nSPS) is 12.5. The van der Waals surface area contributed by atoms with Crippen LogP contribution in [0.25, 0.3) is 0 Å². The Labute approximate surface area is 103 Å². The summed E-state index contributed by atoms with van der Waals surface area (Å²) in [7, 11) is 0. The topological polar surface area (TPSA) is 49.3 Å². The molecular formula is C14H21NO2. The first kappa shape index (κ1) is 13.6. The van der Waals surface area contributed by atoms with Gasteiger partial charge in [0.25, 0.3) is 0 Å². The Morgan fingerprint density at radius 2 is 2.06 bits per heavy atom. The van der Waals surface area contributed by atoms with E-state index < -0.39 is 5.97 Å². The highest BCUT2D eigenvalue weighted by molar-refractivity contribution is 5.89. The van der Waals surface area contributed by atoms with Gasteiger partial charge in [-0.05, 0) is 43.0 Å². The van der Waals surface area contributed by atoms with Crippen molar-refractivity contribution in [3.63, 3.8) is 0 Å². The smallest absolute Gasteiger partial charge is 0.335 e. The van der Waals surface area contributed by atoms with Gasteiger partial charge in [-0.3, -0.25) is 0 Å². The van der Waals surface area contributed by atoms with Gasteiger partial charge in [-0.15, -0.1) is 0 Å². The van der Waals surface area contributed by atoms with Gasteiger partial charge < -0.3 is 10.4 Å². The van der Waals surface area contributed by atoms with Gasteiger partial charge in [-0.25, -0.2) is 4.79 Å². The molecule has 0 aromatic heterocycles. The second-order valence-electron chi connectivity index (χ2n) is 4.74. The number of hydrogen-bond acceptors (Lipinski definition) is 2. The van der Waals surface area contributed by atoms with Gasteiger partial charge in [0, 0.05) is 11.7 Å². The predicted molar refractivity (Wildman–Crippen MR) is 70.7 cm³/mol. The summed E-state index contributed by atoms with van der Waals surface area (Å²) in [5.41, 5.74) is 2.15. The summed E-state index contributed by atoms with van der Waals surface area (Å²) >= 11 is 0. The van der Waals surface area contributed by atoms with Gasteiger partial charge in [0.2, 0.25) is 0 Å². The fourth-order valence-corrected chi connectivity index (χ4v) is 1.95. The van der Waals surface area contributed by atoms with Crippen LogP contribution in [0.1, 0.15) is 43.1 Å². The number of aromatic carboxylic acids is 1. The van der Waals surface area contributed by atoms with Crippen molar-refractivity contribution in [2.75, 3.05) is 5.32 Å². The highest BCUT2D eigenvalue weighted by atomic mass is 16.4. The Morgan fingerprint density at radius 3 is 2.47 bits per heavy atom. The van der Waals surface area contributed by atoms with Crippen LogP contribution in [0.3, 0.4) is 0 Å². The molecule has 0 amide bonds. The second-order valence-corrected chi connectivity index (χ2v) is 4.74. The lowest BCUT2D eigenvalue weighted by Gasteiger charge is -2.22. The highest BCUT2D eigenvalue weighted by Crippen LogP contribution is 2.19. The Kier molecular flexibility index (Phi) is 4.55. The number of aryl methyl sites for hydroxylation is 1. The van der Waals surface area contributed by atoms with E-state index in [1.807, 2.05) is 19.1 Å². The van der Waals surface area contributed by atoms with Crippen LogP contribution < -0.4 is 5.32 Å². The third-order valence-electron chi connectivity index (χ3n) is 3.05. The molecule has 0 saturated heterocycles. The molecule has 1 aromatic carbocycles. The van der Waals surface area contributed by atoms with Crippen LogP contribution >= 0.6 is 0 Å². The van der Waals surface area contributed by atoms with Crippen molar-refractivity contribution in [3.8, 4) is 0 Å². The zero-order valence-electron chi connectivity index (χ0n) is 10.9. The molecule has 3 heteroatoms. The third-order valence-corrected chi connectivity index (χ3v) is 3.05. The molecule has 0 radical (unpaired) electrons. The predicted octanol–water partition coefficient (Wildman–Crippen LogP) is 3.54. The van der Waals surface area contributed by atoms with Crippen LogP contribution in [0.2, 0.25) is 0 Å². The standard InChI is InChI=1S/C14H21NO2/c1-5-13(9(2)3)15-11-6-7-12(14(16)17)10(4)8-11/h6-9,13,15H,5H2,1-4H3,(H,16,17). The molecule has 1 aromatic rings. The maximum absolute atomic E-state index is 10.9. The molecular weight excluding hydrogens is 214 g/mol. The van der Waals surface area contributed by atoms with Crippen LogP contribution in [0, 0.1) is 12.8 Å². The number of carboxylic acid groups (broad SMARTS) is 1. The van der Waals surface area contributed by atoms with E-state index in [0.29, 0.717) is 17.5 Å². The largest absolute Gasteiger partial charge is 0.478 e. The molecule has 17 heavy (non-hydrogen) atoms. The van der Waals surface area contributed by atoms with Gasteiger partial charge in [0.1, 0.15) is 0 Å². The molecule has 0 spiro atoms. The molecule has 1 atom stereocenters. The van der Waals surface area contributed by atoms with E-state index in [2.05, 4.69) is 26.1 Å². The minimum Gasteiger partial charge on any atom is -0.478 e. The molecule has 3 nitrogen and oxygen atoms in total. The summed E-state index contributed by atoms with van der Waals surface area (Å²) in [6.45, 7) is 8.33. The van der Waals surface area contributed by atoms with E-state index >= 15 is 0 Å². The van der Waals surface area contributed by atoms with Crippen LogP contribution in [0.4, 0.5) is 5.69 Å². The maximum atomic E-state index is 10.9. The highest BCUT2D eigenvalue weighted by Gasteiger charge is 2.12. The zero-order valence-corrected chi connectivity index (χ0v) is 10.9. The molecule has 0 heterocycles. The summed E-state index contributed by atoms with van der Waals surface area (Å²) in [6.07, 6.45) is 1.05. The van der Waals surface area contributed by atoms with Crippen LogP contribution in [-0.4, -0.2) is 17.1 Å². The Bertz CT molecular complexity index is 399.